The van der Waals surface area contributed by atoms with Gasteiger partial charge in [-0.25, -0.2) is 4.18 Å². The molecule has 8 nitrogen and oxygen atoms in total. The topological polar surface area (TPSA) is 130 Å². The van der Waals surface area contributed by atoms with Crippen LogP contribution in [0.3, 0.4) is 0 Å². The van der Waals surface area contributed by atoms with Gasteiger partial charge in [-0.15, -0.1) is 0 Å². The third kappa shape index (κ3) is 2.39. The van der Waals surface area contributed by atoms with E-state index in [1.54, 1.807) is 6.07 Å². The molecule has 0 aromatic heterocycles. The van der Waals surface area contributed by atoms with Crippen LogP contribution in [0, 0.1) is 0 Å². The predicted molar refractivity (Wildman–Crippen MR) is 78.8 cm³/mol. The Hall–Kier alpha value is -2.30. The Morgan fingerprint density at radius 2 is 1.50 bits per heavy atom. The van der Waals surface area contributed by atoms with Gasteiger partial charge in [-0.2, -0.15) is 12.6 Å². The minimum absolute atomic E-state index is 0.225. The number of hydrogen-bond donors (Lipinski definition) is 3. The van der Waals surface area contributed by atoms with Crippen molar-refractivity contribution in [1.82, 2.24) is 0 Å². The van der Waals surface area contributed by atoms with Gasteiger partial charge in [-0.05, 0) is 12.1 Å². The number of aliphatic hydroxyl groups is 2. The van der Waals surface area contributed by atoms with Crippen LogP contribution >= 0.6 is 0 Å². The lowest BCUT2D eigenvalue weighted by molar-refractivity contribution is -0.272. The molecule has 0 spiro atoms. The molecule has 1 saturated heterocycles. The van der Waals surface area contributed by atoms with Gasteiger partial charge in [0, 0.05) is 5.56 Å². The Balaban J connectivity index is 2.19. The van der Waals surface area contributed by atoms with Crippen LogP contribution < -0.4 is 0 Å². The first-order valence-corrected chi connectivity index (χ1v) is 8.02. The molecule has 0 radical (unpaired) electrons. The third-order valence-electron chi connectivity index (χ3n) is 3.53. The second-order valence-electron chi connectivity index (χ2n) is 5.08. The summed E-state index contributed by atoms with van der Waals surface area (Å²) < 4.78 is 32.2. The van der Waals surface area contributed by atoms with E-state index in [1.165, 1.54) is 36.4 Å². The molecular weight excluding hydrogens is 340 g/mol. The molecule has 0 bridgehead atoms. The maximum absolute atomic E-state index is 12.6. The molecule has 1 aliphatic rings. The van der Waals surface area contributed by atoms with Crippen LogP contribution in [0.25, 0.3) is 0 Å². The number of hydrogen-bond acceptors (Lipinski definition) is 8. The van der Waals surface area contributed by atoms with Crippen molar-refractivity contribution < 1.29 is 36.9 Å². The zero-order valence-corrected chi connectivity index (χ0v) is 12.8. The van der Waals surface area contributed by atoms with E-state index in [0.29, 0.717) is 0 Å². The van der Waals surface area contributed by atoms with Crippen LogP contribution in [0.1, 0.15) is 15.9 Å². The second kappa shape index (κ2) is 5.36. The number of phenolic OH excluding ortho intramolecular Hbond substituents is 1. The van der Waals surface area contributed by atoms with Crippen molar-refractivity contribution in [1.29, 1.82) is 0 Å². The van der Waals surface area contributed by atoms with Crippen LogP contribution in [0.2, 0.25) is 0 Å². The highest BCUT2D eigenvalue weighted by atomic mass is 32.3. The Bertz CT molecular complexity index is 895. The van der Waals surface area contributed by atoms with E-state index >= 15 is 0 Å². The van der Waals surface area contributed by atoms with Crippen molar-refractivity contribution in [2.75, 3.05) is 0 Å². The normalized spacial score (nSPS) is 28.6. The minimum atomic E-state index is -4.88. The summed E-state index contributed by atoms with van der Waals surface area (Å²) in [7, 11) is -4.88. The SMILES string of the molecule is O=C(c1ccccc1O)C1(O)OS(=O)(=O)OC1(O)c1ccccc1. The summed E-state index contributed by atoms with van der Waals surface area (Å²) in [6, 6.07) is 12.0. The molecule has 2 atom stereocenters. The molecule has 24 heavy (non-hydrogen) atoms. The fourth-order valence-electron chi connectivity index (χ4n) is 2.37. The van der Waals surface area contributed by atoms with Crippen molar-refractivity contribution in [2.24, 2.45) is 0 Å². The summed E-state index contributed by atoms with van der Waals surface area (Å²) in [5, 5.41) is 31.0. The maximum Gasteiger partial charge on any atom is 0.406 e. The van der Waals surface area contributed by atoms with Gasteiger partial charge in [0.15, 0.2) is 0 Å². The molecular formula is C15H12O8S. The van der Waals surface area contributed by atoms with Gasteiger partial charge >= 0.3 is 16.2 Å². The quantitative estimate of drug-likeness (QED) is 0.677. The molecule has 1 heterocycles. The van der Waals surface area contributed by atoms with Gasteiger partial charge in [-0.1, -0.05) is 42.5 Å². The zero-order chi connectivity index (χ0) is 17.6. The molecule has 2 aromatic rings. The first-order valence-electron chi connectivity index (χ1n) is 6.69. The summed E-state index contributed by atoms with van der Waals surface area (Å²) in [6.07, 6.45) is 0. The number of Topliss-reactive ketones (excluding diaryl/α,β-unsaturated/α-hetero) is 1. The van der Waals surface area contributed by atoms with E-state index in [1.807, 2.05) is 0 Å². The summed E-state index contributed by atoms with van der Waals surface area (Å²) in [4.78, 5) is 12.6. The standard InChI is InChI=1S/C15H12O8S/c16-12-9-5-4-8-11(12)13(17)15(19)14(18,22-24(20,21)23-15)10-6-2-1-3-7-10/h1-9,16,18-19H. The minimum Gasteiger partial charge on any atom is -0.507 e. The monoisotopic (exact) mass is 352 g/mol. The molecule has 0 amide bonds. The summed E-state index contributed by atoms with van der Waals surface area (Å²) in [5.74, 6) is -8.24. The molecule has 1 fully saturated rings. The molecule has 2 unspecified atom stereocenters. The van der Waals surface area contributed by atoms with Crippen molar-refractivity contribution in [3.8, 4) is 5.75 Å². The number of phenols is 1. The first-order chi connectivity index (χ1) is 11.2. The molecule has 0 saturated carbocycles. The summed E-state index contributed by atoms with van der Waals surface area (Å²) in [6.45, 7) is 0. The van der Waals surface area contributed by atoms with Crippen LogP contribution in [0.5, 0.6) is 5.75 Å². The lowest BCUT2D eigenvalue weighted by Gasteiger charge is -2.31. The Kier molecular flexibility index (Phi) is 3.70. The number of para-hydroxylation sites is 1. The average Bonchev–Trinajstić information content (AvgIpc) is 2.74. The number of benzene rings is 2. The zero-order valence-electron chi connectivity index (χ0n) is 12.0. The van der Waals surface area contributed by atoms with Crippen molar-refractivity contribution in [3.05, 3.63) is 65.7 Å². The van der Waals surface area contributed by atoms with Gasteiger partial charge in [0.1, 0.15) is 5.75 Å². The fraction of sp³-hybridized carbons (Fsp3) is 0.133. The van der Waals surface area contributed by atoms with Crippen LogP contribution in [-0.2, 0) is 24.6 Å². The number of carbonyl (C=O) groups excluding carboxylic acids is 1. The van der Waals surface area contributed by atoms with Crippen molar-refractivity contribution >= 4 is 16.2 Å². The Labute approximate surface area is 136 Å². The lowest BCUT2D eigenvalue weighted by Crippen LogP contribution is -2.55. The largest absolute Gasteiger partial charge is 0.507 e. The van der Waals surface area contributed by atoms with Gasteiger partial charge < -0.3 is 15.3 Å². The Morgan fingerprint density at radius 1 is 0.917 bits per heavy atom. The highest BCUT2D eigenvalue weighted by Gasteiger charge is 2.69. The lowest BCUT2D eigenvalue weighted by atomic mass is 9.90. The number of ketones is 1. The van der Waals surface area contributed by atoms with Crippen molar-refractivity contribution in [2.45, 2.75) is 11.6 Å². The van der Waals surface area contributed by atoms with E-state index in [4.69, 9.17) is 0 Å². The summed E-state index contributed by atoms with van der Waals surface area (Å²) >= 11 is 0. The molecule has 3 rings (SSSR count). The van der Waals surface area contributed by atoms with Gasteiger partial charge in [-0.3, -0.25) is 4.79 Å². The van der Waals surface area contributed by atoms with E-state index in [0.717, 1.165) is 12.1 Å². The Morgan fingerprint density at radius 3 is 2.12 bits per heavy atom. The molecule has 126 valence electrons. The van der Waals surface area contributed by atoms with Crippen LogP contribution in [-0.4, -0.2) is 35.3 Å². The third-order valence-corrected chi connectivity index (χ3v) is 4.42. The highest BCUT2D eigenvalue weighted by Crippen LogP contribution is 2.46. The number of aromatic hydroxyl groups is 1. The molecule has 0 aliphatic carbocycles. The predicted octanol–water partition coefficient (Wildman–Crippen LogP) is 0.400. The number of carbonyl (C=O) groups is 1. The van der Waals surface area contributed by atoms with Crippen molar-refractivity contribution in [3.63, 3.8) is 0 Å². The van der Waals surface area contributed by atoms with Crippen LogP contribution in [0.15, 0.2) is 54.6 Å². The molecule has 2 aromatic carbocycles. The van der Waals surface area contributed by atoms with E-state index in [9.17, 15) is 28.5 Å². The van der Waals surface area contributed by atoms with Gasteiger partial charge in [0.2, 0.25) is 5.78 Å². The smallest absolute Gasteiger partial charge is 0.406 e. The number of rotatable bonds is 3. The molecule has 9 heteroatoms. The van der Waals surface area contributed by atoms with Crippen LogP contribution in [0.4, 0.5) is 0 Å². The first kappa shape index (κ1) is 16.6. The average molecular weight is 352 g/mol. The second-order valence-corrected chi connectivity index (χ2v) is 6.23. The molecule has 3 N–H and O–H groups in total. The van der Waals surface area contributed by atoms with Gasteiger partial charge in [0.25, 0.3) is 5.79 Å². The highest BCUT2D eigenvalue weighted by molar-refractivity contribution is 7.82. The van der Waals surface area contributed by atoms with E-state index in [2.05, 4.69) is 8.37 Å². The van der Waals surface area contributed by atoms with E-state index < -0.39 is 39.1 Å². The fourth-order valence-corrected chi connectivity index (χ4v) is 3.40. The van der Waals surface area contributed by atoms with Gasteiger partial charge in [0.05, 0.1) is 5.56 Å². The maximum atomic E-state index is 12.6. The molecule has 1 aliphatic heterocycles. The summed E-state index contributed by atoms with van der Waals surface area (Å²) in [5.41, 5.74) is -0.674. The van der Waals surface area contributed by atoms with E-state index in [-0.39, 0.29) is 5.56 Å².